The number of aromatic nitrogens is 1. The molecule has 1 atom stereocenters. The molecule has 0 unspecified atom stereocenters. The van der Waals surface area contributed by atoms with Gasteiger partial charge in [-0.15, -0.1) is 0 Å². The second-order valence-electron chi connectivity index (χ2n) is 6.01. The molecular weight excluding hydrogens is 318 g/mol. The first-order valence-electron chi connectivity index (χ1n) is 7.79. The van der Waals surface area contributed by atoms with Gasteiger partial charge in [0.2, 0.25) is 0 Å². The van der Waals surface area contributed by atoms with Crippen molar-refractivity contribution in [3.8, 4) is 5.75 Å². The molecule has 0 bridgehead atoms. The minimum atomic E-state index is -3.33. The summed E-state index contributed by atoms with van der Waals surface area (Å²) >= 11 is 0. The molecule has 1 amide bonds. The zero-order chi connectivity index (χ0) is 16.4. The molecule has 23 heavy (non-hydrogen) atoms. The number of carbonyl (C=O) groups excluding carboxylic acids is 1. The van der Waals surface area contributed by atoms with Crippen molar-refractivity contribution < 1.29 is 17.9 Å². The number of pyridine rings is 1. The van der Waals surface area contributed by atoms with Gasteiger partial charge in [0.1, 0.15) is 5.75 Å². The third kappa shape index (κ3) is 3.64. The van der Waals surface area contributed by atoms with Crippen molar-refractivity contribution in [2.75, 3.05) is 25.9 Å². The van der Waals surface area contributed by atoms with Gasteiger partial charge in [0.05, 0.1) is 6.20 Å². The number of hydrogen-bond donors (Lipinski definition) is 1. The Kier molecular flexibility index (Phi) is 4.54. The Labute approximate surface area is 135 Å². The first kappa shape index (κ1) is 16.2. The average molecular weight is 339 g/mol. The molecule has 0 saturated carbocycles. The summed E-state index contributed by atoms with van der Waals surface area (Å²) < 4.78 is 28.5. The van der Waals surface area contributed by atoms with E-state index in [9.17, 15) is 13.2 Å². The predicted octanol–water partition coefficient (Wildman–Crippen LogP) is 0.217. The molecule has 7 nitrogen and oxygen atoms in total. The van der Waals surface area contributed by atoms with E-state index >= 15 is 0 Å². The second kappa shape index (κ2) is 6.45. The number of piperidine rings is 1. The lowest BCUT2D eigenvalue weighted by Gasteiger charge is -2.31. The summed E-state index contributed by atoms with van der Waals surface area (Å²) in [5.41, 5.74) is 0. The van der Waals surface area contributed by atoms with Gasteiger partial charge in [-0.25, -0.2) is 13.4 Å². The van der Waals surface area contributed by atoms with Gasteiger partial charge in [0, 0.05) is 25.3 Å². The van der Waals surface area contributed by atoms with Crippen LogP contribution in [0.3, 0.4) is 0 Å². The van der Waals surface area contributed by atoms with Crippen LogP contribution in [0.4, 0.5) is 0 Å². The monoisotopic (exact) mass is 339 g/mol. The van der Waals surface area contributed by atoms with Gasteiger partial charge in [-0.3, -0.25) is 4.79 Å². The Bertz CT molecular complexity index is 668. The van der Waals surface area contributed by atoms with Crippen molar-refractivity contribution in [3.63, 3.8) is 0 Å². The largest absolute Gasteiger partial charge is 0.479 e. The van der Waals surface area contributed by atoms with Crippen LogP contribution in [0, 0.1) is 0 Å². The molecule has 126 valence electrons. The van der Waals surface area contributed by atoms with E-state index in [1.165, 1.54) is 12.3 Å². The molecule has 2 fully saturated rings. The lowest BCUT2D eigenvalue weighted by atomic mass is 10.1. The highest BCUT2D eigenvalue weighted by molar-refractivity contribution is 7.90. The minimum absolute atomic E-state index is 0.000990. The lowest BCUT2D eigenvalue weighted by molar-refractivity contribution is -0.135. The maximum Gasteiger partial charge on any atom is 0.263 e. The van der Waals surface area contributed by atoms with Gasteiger partial charge < -0.3 is 15.0 Å². The standard InChI is InChI=1S/C15H21N3O4S/c1-23(20,21)14-3-2-12(10-17-14)22-13-6-9-18(15(13)19)11-4-7-16-8-5-11/h2-3,10-11,13,16H,4-9H2,1H3/t13-/m0/s1. The smallest absolute Gasteiger partial charge is 0.263 e. The fourth-order valence-corrected chi connectivity index (χ4v) is 3.64. The van der Waals surface area contributed by atoms with Crippen molar-refractivity contribution in [1.82, 2.24) is 15.2 Å². The average Bonchev–Trinajstić information content (AvgIpc) is 2.89. The van der Waals surface area contributed by atoms with Gasteiger partial charge in [0.15, 0.2) is 21.0 Å². The first-order chi connectivity index (χ1) is 10.9. The van der Waals surface area contributed by atoms with E-state index in [1.54, 1.807) is 6.07 Å². The molecule has 0 radical (unpaired) electrons. The fourth-order valence-electron chi connectivity index (χ4n) is 3.09. The number of likely N-dealkylation sites (tertiary alicyclic amines) is 1. The molecule has 3 heterocycles. The summed E-state index contributed by atoms with van der Waals surface area (Å²) in [6.45, 7) is 2.59. The highest BCUT2D eigenvalue weighted by atomic mass is 32.2. The highest BCUT2D eigenvalue weighted by Gasteiger charge is 2.37. The number of hydrogen-bond acceptors (Lipinski definition) is 6. The maximum atomic E-state index is 12.5. The number of amides is 1. The zero-order valence-corrected chi connectivity index (χ0v) is 13.9. The quantitative estimate of drug-likeness (QED) is 0.844. The summed E-state index contributed by atoms with van der Waals surface area (Å²) in [5.74, 6) is 0.437. The van der Waals surface area contributed by atoms with Crippen molar-refractivity contribution in [2.45, 2.75) is 36.4 Å². The molecule has 0 aromatic carbocycles. The van der Waals surface area contributed by atoms with Crippen molar-refractivity contribution in [2.24, 2.45) is 0 Å². The predicted molar refractivity (Wildman–Crippen MR) is 84.0 cm³/mol. The van der Waals surface area contributed by atoms with Crippen LogP contribution in [0.25, 0.3) is 0 Å². The van der Waals surface area contributed by atoms with Crippen molar-refractivity contribution in [1.29, 1.82) is 0 Å². The summed E-state index contributed by atoms with van der Waals surface area (Å²) in [5, 5.41) is 3.29. The molecule has 2 aliphatic heterocycles. The number of nitrogens with zero attached hydrogens (tertiary/aromatic N) is 2. The van der Waals surface area contributed by atoms with Crippen LogP contribution < -0.4 is 10.1 Å². The molecule has 3 rings (SSSR count). The topological polar surface area (TPSA) is 88.6 Å². The summed E-state index contributed by atoms with van der Waals surface area (Å²) in [4.78, 5) is 18.3. The van der Waals surface area contributed by atoms with E-state index < -0.39 is 15.9 Å². The van der Waals surface area contributed by atoms with Crippen molar-refractivity contribution >= 4 is 15.7 Å². The third-order valence-corrected chi connectivity index (χ3v) is 5.31. The summed E-state index contributed by atoms with van der Waals surface area (Å²) in [6.07, 6.45) is 4.56. The van der Waals surface area contributed by atoms with E-state index in [2.05, 4.69) is 10.3 Å². The van der Waals surface area contributed by atoms with Crippen LogP contribution in [-0.4, -0.2) is 62.2 Å². The lowest BCUT2D eigenvalue weighted by Crippen LogP contribution is -2.45. The maximum absolute atomic E-state index is 12.5. The SMILES string of the molecule is CS(=O)(=O)c1ccc(O[C@H]2CCN(C3CCNCC3)C2=O)cn1. The van der Waals surface area contributed by atoms with Crippen LogP contribution in [0.1, 0.15) is 19.3 Å². The molecule has 1 N–H and O–H groups in total. The Balaban J connectivity index is 1.63. The van der Waals surface area contributed by atoms with Gasteiger partial charge in [-0.1, -0.05) is 0 Å². The second-order valence-corrected chi connectivity index (χ2v) is 7.97. The molecule has 2 saturated heterocycles. The number of sulfone groups is 1. The Morgan fingerprint density at radius 1 is 1.26 bits per heavy atom. The summed E-state index contributed by atoms with van der Waals surface area (Å²) in [7, 11) is -3.33. The Morgan fingerprint density at radius 3 is 2.61 bits per heavy atom. The molecule has 8 heteroatoms. The molecule has 0 spiro atoms. The molecule has 1 aromatic rings. The van der Waals surface area contributed by atoms with E-state index in [0.29, 0.717) is 24.8 Å². The van der Waals surface area contributed by atoms with Gasteiger partial charge in [-0.05, 0) is 38.1 Å². The van der Waals surface area contributed by atoms with Crippen LogP contribution in [-0.2, 0) is 14.6 Å². The third-order valence-electron chi connectivity index (χ3n) is 4.31. The number of carbonyl (C=O) groups is 1. The number of nitrogens with one attached hydrogen (secondary N) is 1. The van der Waals surface area contributed by atoms with Gasteiger partial charge >= 0.3 is 0 Å². The van der Waals surface area contributed by atoms with Crippen molar-refractivity contribution in [3.05, 3.63) is 18.3 Å². The molecule has 1 aromatic heterocycles. The highest BCUT2D eigenvalue weighted by Crippen LogP contribution is 2.24. The van der Waals surface area contributed by atoms with Crippen LogP contribution in [0.2, 0.25) is 0 Å². The molecule has 0 aliphatic carbocycles. The van der Waals surface area contributed by atoms with Crippen LogP contribution in [0.15, 0.2) is 23.4 Å². The Hall–Kier alpha value is -1.67. The fraction of sp³-hybridized carbons (Fsp3) is 0.600. The van der Waals surface area contributed by atoms with E-state index in [0.717, 1.165) is 32.2 Å². The summed E-state index contributed by atoms with van der Waals surface area (Å²) in [6, 6.07) is 3.24. The molecular formula is C15H21N3O4S. The van der Waals surface area contributed by atoms with Gasteiger partial charge in [-0.2, -0.15) is 0 Å². The first-order valence-corrected chi connectivity index (χ1v) is 9.68. The van der Waals surface area contributed by atoms with Crippen LogP contribution >= 0.6 is 0 Å². The molecule has 2 aliphatic rings. The number of ether oxygens (including phenoxy) is 1. The van der Waals surface area contributed by atoms with E-state index in [1.807, 2.05) is 4.90 Å². The normalized spacial score (nSPS) is 23.3. The van der Waals surface area contributed by atoms with Crippen LogP contribution in [0.5, 0.6) is 5.75 Å². The van der Waals surface area contributed by atoms with E-state index in [-0.39, 0.29) is 10.9 Å². The minimum Gasteiger partial charge on any atom is -0.479 e. The Morgan fingerprint density at radius 2 is 2.00 bits per heavy atom. The van der Waals surface area contributed by atoms with Gasteiger partial charge in [0.25, 0.3) is 5.91 Å². The zero-order valence-electron chi connectivity index (χ0n) is 13.1. The number of rotatable bonds is 4. The van der Waals surface area contributed by atoms with E-state index in [4.69, 9.17) is 4.74 Å².